The Balaban J connectivity index is 1.39. The Bertz CT molecular complexity index is 969. The predicted molar refractivity (Wildman–Crippen MR) is 112 cm³/mol. The van der Waals surface area contributed by atoms with Gasteiger partial charge in [-0.05, 0) is 63.1 Å². The summed E-state index contributed by atoms with van der Waals surface area (Å²) < 4.78 is 11.3. The number of carbonyl (C=O) groups is 1. The molecule has 3 aromatic rings. The van der Waals surface area contributed by atoms with Crippen LogP contribution in [0, 0.1) is 13.8 Å². The molecule has 4 rings (SSSR count). The van der Waals surface area contributed by atoms with Crippen LogP contribution < -0.4 is 10.1 Å². The molecule has 150 valence electrons. The van der Waals surface area contributed by atoms with Crippen LogP contribution in [0.3, 0.4) is 0 Å². The van der Waals surface area contributed by atoms with Gasteiger partial charge in [-0.25, -0.2) is 4.98 Å². The summed E-state index contributed by atoms with van der Waals surface area (Å²) in [6.45, 7) is 5.32. The normalized spacial score (nSPS) is 16.0. The second-order valence-electron chi connectivity index (χ2n) is 7.30. The van der Waals surface area contributed by atoms with E-state index in [-0.39, 0.29) is 12.0 Å². The van der Waals surface area contributed by atoms with E-state index < -0.39 is 0 Å². The molecule has 1 aliphatic heterocycles. The fourth-order valence-corrected chi connectivity index (χ4v) is 3.30. The van der Waals surface area contributed by atoms with Gasteiger partial charge in [0.1, 0.15) is 18.2 Å². The summed E-state index contributed by atoms with van der Waals surface area (Å²) in [6, 6.07) is 14.8. The smallest absolute Gasteiger partial charge is 0.255 e. The Morgan fingerprint density at radius 1 is 1.24 bits per heavy atom. The van der Waals surface area contributed by atoms with E-state index in [0.29, 0.717) is 12.2 Å². The average molecular weight is 391 g/mol. The second-order valence-corrected chi connectivity index (χ2v) is 7.30. The molecule has 1 fully saturated rings. The van der Waals surface area contributed by atoms with Crippen molar-refractivity contribution in [1.29, 1.82) is 0 Å². The number of nitrogens with zero attached hydrogens (tertiary/aromatic N) is 1. The maximum absolute atomic E-state index is 12.6. The van der Waals surface area contributed by atoms with Crippen LogP contribution in [0.15, 0.2) is 48.5 Å². The van der Waals surface area contributed by atoms with Crippen molar-refractivity contribution < 1.29 is 14.3 Å². The minimum absolute atomic E-state index is 0.167. The Morgan fingerprint density at radius 2 is 2.07 bits per heavy atom. The Morgan fingerprint density at radius 3 is 2.76 bits per heavy atom. The van der Waals surface area contributed by atoms with Crippen molar-refractivity contribution in [2.24, 2.45) is 0 Å². The predicted octanol–water partition coefficient (Wildman–Crippen LogP) is 4.50. The van der Waals surface area contributed by atoms with Crippen LogP contribution in [0.2, 0.25) is 0 Å². The summed E-state index contributed by atoms with van der Waals surface area (Å²) in [5.41, 5.74) is 4.23. The van der Waals surface area contributed by atoms with Crippen molar-refractivity contribution in [3.05, 3.63) is 65.5 Å². The lowest BCUT2D eigenvalue weighted by atomic mass is 10.1. The highest BCUT2D eigenvalue weighted by Crippen LogP contribution is 2.22. The summed E-state index contributed by atoms with van der Waals surface area (Å²) in [5.74, 6) is 1.37. The minimum atomic E-state index is -0.167. The number of aromatic amines is 1. The molecular weight excluding hydrogens is 366 g/mol. The highest BCUT2D eigenvalue weighted by molar-refractivity contribution is 6.04. The number of ether oxygens (including phenoxy) is 2. The molecule has 0 radical (unpaired) electrons. The molecule has 2 N–H and O–H groups in total. The zero-order valence-electron chi connectivity index (χ0n) is 16.7. The maximum atomic E-state index is 12.6. The third kappa shape index (κ3) is 4.66. The molecule has 0 unspecified atom stereocenters. The van der Waals surface area contributed by atoms with Crippen molar-refractivity contribution in [3.8, 4) is 17.1 Å². The molecule has 2 aromatic carbocycles. The van der Waals surface area contributed by atoms with E-state index in [9.17, 15) is 4.79 Å². The molecule has 0 aliphatic carbocycles. The van der Waals surface area contributed by atoms with E-state index in [4.69, 9.17) is 9.47 Å². The first-order valence-electron chi connectivity index (χ1n) is 9.88. The molecule has 6 heteroatoms. The van der Waals surface area contributed by atoms with E-state index in [0.717, 1.165) is 53.7 Å². The van der Waals surface area contributed by atoms with Gasteiger partial charge < -0.3 is 19.8 Å². The molecule has 1 amide bonds. The maximum Gasteiger partial charge on any atom is 0.255 e. The summed E-state index contributed by atoms with van der Waals surface area (Å²) in [7, 11) is 0. The Labute approximate surface area is 170 Å². The number of anilines is 1. The molecule has 0 bridgehead atoms. The summed E-state index contributed by atoms with van der Waals surface area (Å²) in [5, 5.41) is 2.94. The summed E-state index contributed by atoms with van der Waals surface area (Å²) in [4.78, 5) is 20.4. The van der Waals surface area contributed by atoms with Crippen LogP contribution in [-0.2, 0) is 4.74 Å². The lowest BCUT2D eigenvalue weighted by Gasteiger charge is -2.12. The molecule has 2 heterocycles. The van der Waals surface area contributed by atoms with E-state index in [1.807, 2.05) is 50.2 Å². The zero-order valence-corrected chi connectivity index (χ0v) is 16.7. The van der Waals surface area contributed by atoms with Gasteiger partial charge in [0.05, 0.1) is 11.8 Å². The number of H-pyrrole nitrogens is 1. The highest BCUT2D eigenvalue weighted by Gasteiger charge is 2.16. The number of carbonyl (C=O) groups excluding carboxylic acids is 1. The first-order valence-corrected chi connectivity index (χ1v) is 9.88. The van der Waals surface area contributed by atoms with E-state index >= 15 is 0 Å². The van der Waals surface area contributed by atoms with E-state index in [1.165, 1.54) is 0 Å². The number of aromatic nitrogens is 2. The van der Waals surface area contributed by atoms with Crippen LogP contribution >= 0.6 is 0 Å². The van der Waals surface area contributed by atoms with Crippen molar-refractivity contribution in [2.75, 3.05) is 18.5 Å². The number of amides is 1. The molecule has 6 nitrogen and oxygen atoms in total. The second kappa shape index (κ2) is 8.49. The number of nitrogens with one attached hydrogen (secondary N) is 2. The number of aryl methyl sites for hydroxylation is 2. The zero-order chi connectivity index (χ0) is 20.2. The lowest BCUT2D eigenvalue weighted by Crippen LogP contribution is -2.16. The first-order chi connectivity index (χ1) is 14.1. The van der Waals surface area contributed by atoms with Gasteiger partial charge in [-0.3, -0.25) is 4.79 Å². The van der Waals surface area contributed by atoms with Crippen LogP contribution in [0.4, 0.5) is 5.69 Å². The van der Waals surface area contributed by atoms with Gasteiger partial charge in [0.15, 0.2) is 0 Å². The first kappa shape index (κ1) is 19.2. The number of hydrogen-bond donors (Lipinski definition) is 2. The van der Waals surface area contributed by atoms with Crippen molar-refractivity contribution >= 4 is 11.6 Å². The molecule has 1 aromatic heterocycles. The number of rotatable bonds is 6. The fourth-order valence-electron chi connectivity index (χ4n) is 3.30. The molecule has 0 saturated carbocycles. The molecule has 1 saturated heterocycles. The average Bonchev–Trinajstić information content (AvgIpc) is 3.37. The highest BCUT2D eigenvalue weighted by atomic mass is 16.5. The SMILES string of the molecule is Cc1nc(-c2cccc(NC(=O)c3ccc(OC[C@H]4CCCO4)cc3)c2)[nH]c1C. The Kier molecular flexibility index (Phi) is 5.62. The largest absolute Gasteiger partial charge is 0.491 e. The van der Waals surface area contributed by atoms with E-state index in [2.05, 4.69) is 15.3 Å². The Hall–Kier alpha value is -3.12. The van der Waals surface area contributed by atoms with Gasteiger partial charge in [0.2, 0.25) is 0 Å². The molecular formula is C23H25N3O3. The van der Waals surface area contributed by atoms with E-state index in [1.54, 1.807) is 12.1 Å². The molecule has 1 aliphatic rings. The number of benzene rings is 2. The van der Waals surface area contributed by atoms with Crippen molar-refractivity contribution in [2.45, 2.75) is 32.8 Å². The molecule has 0 spiro atoms. The van der Waals surface area contributed by atoms with Gasteiger partial charge in [0.25, 0.3) is 5.91 Å². The lowest BCUT2D eigenvalue weighted by molar-refractivity contribution is 0.0679. The third-order valence-electron chi connectivity index (χ3n) is 5.10. The summed E-state index contributed by atoms with van der Waals surface area (Å²) in [6.07, 6.45) is 2.30. The van der Waals surface area contributed by atoms with Gasteiger partial charge in [0, 0.05) is 29.1 Å². The quantitative estimate of drug-likeness (QED) is 0.648. The number of imidazole rings is 1. The molecule has 1 atom stereocenters. The van der Waals surface area contributed by atoms with Crippen LogP contribution in [-0.4, -0.2) is 35.2 Å². The number of hydrogen-bond acceptors (Lipinski definition) is 4. The van der Waals surface area contributed by atoms with Crippen LogP contribution in [0.25, 0.3) is 11.4 Å². The van der Waals surface area contributed by atoms with Crippen molar-refractivity contribution in [3.63, 3.8) is 0 Å². The van der Waals surface area contributed by atoms with Gasteiger partial charge in [-0.2, -0.15) is 0 Å². The van der Waals surface area contributed by atoms with Gasteiger partial charge in [-0.1, -0.05) is 12.1 Å². The van der Waals surface area contributed by atoms with Crippen molar-refractivity contribution in [1.82, 2.24) is 9.97 Å². The van der Waals surface area contributed by atoms with Crippen LogP contribution in [0.5, 0.6) is 5.75 Å². The topological polar surface area (TPSA) is 76.2 Å². The van der Waals surface area contributed by atoms with Gasteiger partial charge >= 0.3 is 0 Å². The standard InChI is InChI=1S/C23H25N3O3/c1-15-16(2)25-22(24-15)18-5-3-6-19(13-18)26-23(27)17-8-10-20(11-9-17)29-14-21-7-4-12-28-21/h3,5-6,8-11,13,21H,4,7,12,14H2,1-2H3,(H,24,25)(H,26,27)/t21-/m1/s1. The van der Waals surface area contributed by atoms with Crippen LogP contribution in [0.1, 0.15) is 34.6 Å². The monoisotopic (exact) mass is 391 g/mol. The molecule has 29 heavy (non-hydrogen) atoms. The fraction of sp³-hybridized carbons (Fsp3) is 0.304. The third-order valence-corrected chi connectivity index (χ3v) is 5.10. The summed E-state index contributed by atoms with van der Waals surface area (Å²) >= 11 is 0. The van der Waals surface area contributed by atoms with Gasteiger partial charge in [-0.15, -0.1) is 0 Å². The minimum Gasteiger partial charge on any atom is -0.491 e.